The molecule has 0 aliphatic carbocycles. The number of rotatable bonds is 3. The number of anilines is 2. The van der Waals surface area contributed by atoms with Crippen LogP contribution in [0.2, 0.25) is 0 Å². The molecule has 3 nitrogen and oxygen atoms in total. The summed E-state index contributed by atoms with van der Waals surface area (Å²) in [5, 5.41) is 4.92. The second-order valence-corrected chi connectivity index (χ2v) is 5.31. The molecule has 3 N–H and O–H groups in total. The van der Waals surface area contributed by atoms with Crippen molar-refractivity contribution in [3.05, 3.63) is 45.6 Å². The minimum Gasteiger partial charge on any atom is -0.398 e. The number of nitrogens with two attached hydrogens (primary N) is 1. The maximum absolute atomic E-state index is 12.0. The summed E-state index contributed by atoms with van der Waals surface area (Å²) in [4.78, 5) is 13.0. The Labute approximate surface area is 111 Å². The van der Waals surface area contributed by atoms with Crippen LogP contribution in [0.1, 0.15) is 16.0 Å². The standard InChI is InChI=1S/C14H16N2OS/c1-9-5-6-12(15)10(2)14(9)16-13(17)8-11-4-3-7-18-11/h3-7H,8,15H2,1-2H3,(H,16,17). The number of carbonyl (C=O) groups is 1. The first-order chi connectivity index (χ1) is 8.58. The van der Waals surface area contributed by atoms with Crippen molar-refractivity contribution >= 4 is 28.6 Å². The van der Waals surface area contributed by atoms with E-state index in [0.717, 1.165) is 21.7 Å². The van der Waals surface area contributed by atoms with Crippen LogP contribution in [-0.2, 0) is 11.2 Å². The maximum atomic E-state index is 12.0. The molecule has 0 radical (unpaired) electrons. The summed E-state index contributed by atoms with van der Waals surface area (Å²) in [5.41, 5.74) is 9.34. The van der Waals surface area contributed by atoms with Crippen LogP contribution < -0.4 is 11.1 Å². The smallest absolute Gasteiger partial charge is 0.229 e. The van der Waals surface area contributed by atoms with Gasteiger partial charge in [0, 0.05) is 16.3 Å². The predicted octanol–water partition coefficient (Wildman–Crippen LogP) is 3.13. The highest BCUT2D eigenvalue weighted by molar-refractivity contribution is 7.10. The van der Waals surface area contributed by atoms with Crippen molar-refractivity contribution in [2.45, 2.75) is 20.3 Å². The molecule has 1 aromatic heterocycles. The van der Waals surface area contributed by atoms with Gasteiger partial charge in [-0.25, -0.2) is 0 Å². The zero-order chi connectivity index (χ0) is 13.1. The first-order valence-electron chi connectivity index (χ1n) is 5.76. The average Bonchev–Trinajstić information content (AvgIpc) is 2.82. The molecule has 18 heavy (non-hydrogen) atoms. The van der Waals surface area contributed by atoms with Gasteiger partial charge >= 0.3 is 0 Å². The summed E-state index contributed by atoms with van der Waals surface area (Å²) >= 11 is 1.59. The molecule has 0 aliphatic rings. The number of aryl methyl sites for hydroxylation is 1. The summed E-state index contributed by atoms with van der Waals surface area (Å²) < 4.78 is 0. The van der Waals surface area contributed by atoms with Gasteiger partial charge in [-0.2, -0.15) is 0 Å². The number of amides is 1. The average molecular weight is 260 g/mol. The summed E-state index contributed by atoms with van der Waals surface area (Å²) in [7, 11) is 0. The molecule has 94 valence electrons. The molecular formula is C14H16N2OS. The Morgan fingerprint density at radius 1 is 1.33 bits per heavy atom. The fourth-order valence-electron chi connectivity index (χ4n) is 1.81. The summed E-state index contributed by atoms with van der Waals surface area (Å²) in [6.45, 7) is 3.89. The molecule has 1 heterocycles. The van der Waals surface area contributed by atoms with Gasteiger partial charge in [0.05, 0.1) is 6.42 Å². The van der Waals surface area contributed by atoms with Gasteiger partial charge in [0.2, 0.25) is 5.91 Å². The van der Waals surface area contributed by atoms with Crippen molar-refractivity contribution in [3.63, 3.8) is 0 Å². The second kappa shape index (κ2) is 5.23. The largest absolute Gasteiger partial charge is 0.398 e. The Morgan fingerprint density at radius 3 is 2.78 bits per heavy atom. The van der Waals surface area contributed by atoms with E-state index in [0.29, 0.717) is 12.1 Å². The lowest BCUT2D eigenvalue weighted by Gasteiger charge is -2.13. The lowest BCUT2D eigenvalue weighted by Crippen LogP contribution is -2.16. The SMILES string of the molecule is Cc1ccc(N)c(C)c1NC(=O)Cc1cccs1. The molecule has 0 bridgehead atoms. The van der Waals surface area contributed by atoms with Crippen LogP contribution in [0.4, 0.5) is 11.4 Å². The molecule has 1 amide bonds. The first-order valence-corrected chi connectivity index (χ1v) is 6.64. The predicted molar refractivity (Wildman–Crippen MR) is 77.0 cm³/mol. The minimum absolute atomic E-state index is 0.00532. The van der Waals surface area contributed by atoms with Crippen molar-refractivity contribution in [2.75, 3.05) is 11.1 Å². The van der Waals surface area contributed by atoms with Crippen molar-refractivity contribution in [2.24, 2.45) is 0 Å². The molecule has 0 atom stereocenters. The molecule has 0 aliphatic heterocycles. The van der Waals surface area contributed by atoms with Gasteiger partial charge in [0.15, 0.2) is 0 Å². The zero-order valence-corrected chi connectivity index (χ0v) is 11.3. The normalized spacial score (nSPS) is 10.3. The highest BCUT2D eigenvalue weighted by Gasteiger charge is 2.10. The van der Waals surface area contributed by atoms with Crippen LogP contribution in [0.5, 0.6) is 0 Å². The van der Waals surface area contributed by atoms with Crippen LogP contribution in [0.3, 0.4) is 0 Å². The van der Waals surface area contributed by atoms with Gasteiger partial charge in [0.1, 0.15) is 0 Å². The molecule has 2 aromatic rings. The lowest BCUT2D eigenvalue weighted by molar-refractivity contribution is -0.115. The minimum atomic E-state index is -0.00532. The molecule has 0 saturated heterocycles. The highest BCUT2D eigenvalue weighted by atomic mass is 32.1. The van der Waals surface area contributed by atoms with E-state index in [4.69, 9.17) is 5.73 Å². The van der Waals surface area contributed by atoms with Crippen LogP contribution in [0.15, 0.2) is 29.6 Å². The van der Waals surface area contributed by atoms with Crippen LogP contribution in [0.25, 0.3) is 0 Å². The van der Waals surface area contributed by atoms with E-state index in [2.05, 4.69) is 5.32 Å². The number of nitrogen functional groups attached to an aromatic ring is 1. The number of benzene rings is 1. The lowest BCUT2D eigenvalue weighted by atomic mass is 10.1. The van der Waals surface area contributed by atoms with Crippen molar-refractivity contribution in [1.29, 1.82) is 0 Å². The van der Waals surface area contributed by atoms with Gasteiger partial charge < -0.3 is 11.1 Å². The third-order valence-corrected chi connectivity index (χ3v) is 3.77. The monoisotopic (exact) mass is 260 g/mol. The molecule has 0 spiro atoms. The quantitative estimate of drug-likeness (QED) is 0.833. The Hall–Kier alpha value is -1.81. The van der Waals surface area contributed by atoms with E-state index in [1.54, 1.807) is 11.3 Å². The van der Waals surface area contributed by atoms with Gasteiger partial charge in [-0.05, 0) is 42.5 Å². The number of carbonyl (C=O) groups excluding carboxylic acids is 1. The Bertz CT molecular complexity index is 561. The molecule has 0 unspecified atom stereocenters. The van der Waals surface area contributed by atoms with E-state index >= 15 is 0 Å². The summed E-state index contributed by atoms with van der Waals surface area (Å²) in [5.74, 6) is -0.00532. The Balaban J connectivity index is 2.14. The van der Waals surface area contributed by atoms with E-state index in [-0.39, 0.29) is 5.91 Å². The molecular weight excluding hydrogens is 244 g/mol. The third kappa shape index (κ3) is 2.71. The third-order valence-electron chi connectivity index (χ3n) is 2.89. The zero-order valence-electron chi connectivity index (χ0n) is 10.5. The number of hydrogen-bond acceptors (Lipinski definition) is 3. The van der Waals surface area contributed by atoms with Gasteiger partial charge in [-0.15, -0.1) is 11.3 Å². The van der Waals surface area contributed by atoms with Gasteiger partial charge in [-0.3, -0.25) is 4.79 Å². The topological polar surface area (TPSA) is 55.1 Å². The van der Waals surface area contributed by atoms with E-state index in [9.17, 15) is 4.79 Å². The summed E-state index contributed by atoms with van der Waals surface area (Å²) in [6.07, 6.45) is 0.408. The van der Waals surface area contributed by atoms with E-state index in [1.165, 1.54) is 0 Å². The first kappa shape index (κ1) is 12.6. The van der Waals surface area contributed by atoms with Crippen molar-refractivity contribution < 1.29 is 4.79 Å². The maximum Gasteiger partial charge on any atom is 0.229 e. The van der Waals surface area contributed by atoms with Gasteiger partial charge in [-0.1, -0.05) is 12.1 Å². The Morgan fingerprint density at radius 2 is 2.11 bits per heavy atom. The molecule has 2 rings (SSSR count). The molecule has 4 heteroatoms. The highest BCUT2D eigenvalue weighted by Crippen LogP contribution is 2.25. The second-order valence-electron chi connectivity index (χ2n) is 4.28. The summed E-state index contributed by atoms with van der Waals surface area (Å²) in [6, 6.07) is 7.69. The molecule has 0 fully saturated rings. The fourth-order valence-corrected chi connectivity index (χ4v) is 2.51. The van der Waals surface area contributed by atoms with E-state index < -0.39 is 0 Å². The van der Waals surface area contributed by atoms with Crippen LogP contribution in [-0.4, -0.2) is 5.91 Å². The number of hydrogen-bond donors (Lipinski definition) is 2. The van der Waals surface area contributed by atoms with Crippen LogP contribution >= 0.6 is 11.3 Å². The van der Waals surface area contributed by atoms with E-state index in [1.807, 2.05) is 43.5 Å². The number of thiophene rings is 1. The molecule has 1 aromatic carbocycles. The van der Waals surface area contributed by atoms with Crippen LogP contribution in [0, 0.1) is 13.8 Å². The Kier molecular flexibility index (Phi) is 3.67. The number of nitrogens with one attached hydrogen (secondary N) is 1. The van der Waals surface area contributed by atoms with Crippen molar-refractivity contribution in [1.82, 2.24) is 0 Å². The fraction of sp³-hybridized carbons (Fsp3) is 0.214. The van der Waals surface area contributed by atoms with Gasteiger partial charge in [0.25, 0.3) is 0 Å². The van der Waals surface area contributed by atoms with Crippen molar-refractivity contribution in [3.8, 4) is 0 Å². The molecule has 0 saturated carbocycles.